The summed E-state index contributed by atoms with van der Waals surface area (Å²) in [6.07, 6.45) is -0.624. The summed E-state index contributed by atoms with van der Waals surface area (Å²) >= 11 is 7.93. The van der Waals surface area contributed by atoms with Gasteiger partial charge in [-0.1, -0.05) is 29.8 Å². The first-order valence-corrected chi connectivity index (χ1v) is 10.8. The fourth-order valence-corrected chi connectivity index (χ4v) is 4.37. The second-order valence-electron chi connectivity index (χ2n) is 6.55. The van der Waals surface area contributed by atoms with E-state index in [2.05, 4.69) is 21.7 Å². The van der Waals surface area contributed by atoms with Crippen molar-refractivity contribution in [2.24, 2.45) is 4.99 Å². The smallest absolute Gasteiger partial charge is 0.191 e. The van der Waals surface area contributed by atoms with Gasteiger partial charge in [0, 0.05) is 29.7 Å². The highest BCUT2D eigenvalue weighted by Crippen LogP contribution is 2.36. The van der Waals surface area contributed by atoms with Gasteiger partial charge in [-0.3, -0.25) is 4.99 Å². The molecule has 1 unspecified atom stereocenters. The van der Waals surface area contributed by atoms with Crippen molar-refractivity contribution in [3.05, 3.63) is 57.9 Å². The molecule has 30 heavy (non-hydrogen) atoms. The Morgan fingerprint density at radius 1 is 1.23 bits per heavy atom. The van der Waals surface area contributed by atoms with E-state index in [0.29, 0.717) is 42.2 Å². The molecule has 0 radical (unpaired) electrons. The summed E-state index contributed by atoms with van der Waals surface area (Å²) in [4.78, 5) is 5.14. The van der Waals surface area contributed by atoms with Crippen molar-refractivity contribution in [1.29, 1.82) is 0 Å². The first kappa shape index (κ1) is 22.2. The van der Waals surface area contributed by atoms with Gasteiger partial charge in [0.05, 0.1) is 18.7 Å². The molecule has 0 aliphatic heterocycles. The van der Waals surface area contributed by atoms with Crippen molar-refractivity contribution in [1.82, 2.24) is 10.6 Å². The molecule has 3 N–H and O–H groups in total. The Morgan fingerprint density at radius 3 is 2.73 bits per heavy atom. The Kier molecular flexibility index (Phi) is 7.79. The van der Waals surface area contributed by atoms with E-state index in [0.717, 1.165) is 20.5 Å². The Morgan fingerprint density at radius 2 is 2.03 bits per heavy atom. The molecule has 6 nitrogen and oxygen atoms in total. The zero-order chi connectivity index (χ0) is 21.5. The molecule has 1 heterocycles. The highest BCUT2D eigenvalue weighted by Gasteiger charge is 2.14. The number of fused-ring (bicyclic) bond motifs is 1. The third-order valence-electron chi connectivity index (χ3n) is 4.50. The van der Waals surface area contributed by atoms with E-state index < -0.39 is 6.10 Å². The number of benzene rings is 2. The van der Waals surface area contributed by atoms with Crippen LogP contribution in [0.2, 0.25) is 5.02 Å². The number of ether oxygens (including phenoxy) is 2. The third-order valence-corrected chi connectivity index (χ3v) is 6.00. The van der Waals surface area contributed by atoms with Crippen LogP contribution in [-0.2, 0) is 6.54 Å². The number of thiophene rings is 1. The quantitative estimate of drug-likeness (QED) is 0.353. The van der Waals surface area contributed by atoms with Crippen LogP contribution >= 0.6 is 22.9 Å². The molecule has 0 saturated carbocycles. The Hall–Kier alpha value is -2.48. The maximum absolute atomic E-state index is 10.6. The molecule has 8 heteroatoms. The molecule has 0 aliphatic rings. The van der Waals surface area contributed by atoms with E-state index in [-0.39, 0.29) is 0 Å². The molecule has 0 fully saturated rings. The van der Waals surface area contributed by atoms with Crippen LogP contribution in [0.25, 0.3) is 10.1 Å². The standard InChI is InChI=1S/C22H26ClN3O3S/c1-4-29-21-16(23)9-14(10-18(21)28-3)12-25-22(24-2)26-13-17(27)20-11-15-7-5-6-8-19(15)30-20/h5-11,17,27H,4,12-13H2,1-3H3,(H2,24,25,26). The number of nitrogens with one attached hydrogen (secondary N) is 2. The van der Waals surface area contributed by atoms with Crippen LogP contribution < -0.4 is 20.1 Å². The van der Waals surface area contributed by atoms with Crippen LogP contribution in [0.1, 0.15) is 23.5 Å². The lowest BCUT2D eigenvalue weighted by Gasteiger charge is -2.16. The molecule has 3 rings (SSSR count). The van der Waals surface area contributed by atoms with Crippen LogP contribution in [-0.4, -0.2) is 38.4 Å². The van der Waals surface area contributed by atoms with Crippen LogP contribution in [0.5, 0.6) is 11.5 Å². The second-order valence-corrected chi connectivity index (χ2v) is 8.07. The fraction of sp³-hybridized carbons (Fsp3) is 0.318. The number of rotatable bonds is 8. The molecular formula is C22H26ClN3O3S. The predicted molar refractivity (Wildman–Crippen MR) is 124 cm³/mol. The molecule has 2 aromatic carbocycles. The Labute approximate surface area is 185 Å². The van der Waals surface area contributed by atoms with Gasteiger partial charge >= 0.3 is 0 Å². The summed E-state index contributed by atoms with van der Waals surface area (Å²) in [6.45, 7) is 3.24. The first-order chi connectivity index (χ1) is 14.5. The molecule has 1 atom stereocenters. The van der Waals surface area contributed by atoms with Gasteiger partial charge in [-0.05, 0) is 42.1 Å². The van der Waals surface area contributed by atoms with E-state index in [9.17, 15) is 5.11 Å². The number of methoxy groups -OCH3 is 1. The van der Waals surface area contributed by atoms with Crippen LogP contribution in [0.15, 0.2) is 47.5 Å². The number of hydrogen-bond donors (Lipinski definition) is 3. The topological polar surface area (TPSA) is 75.1 Å². The van der Waals surface area contributed by atoms with Crippen molar-refractivity contribution < 1.29 is 14.6 Å². The molecule has 0 aliphatic carbocycles. The van der Waals surface area contributed by atoms with E-state index in [1.54, 1.807) is 25.5 Å². The zero-order valence-corrected chi connectivity index (χ0v) is 18.8. The van der Waals surface area contributed by atoms with Crippen LogP contribution in [0.4, 0.5) is 0 Å². The van der Waals surface area contributed by atoms with Gasteiger partial charge < -0.3 is 25.2 Å². The maximum Gasteiger partial charge on any atom is 0.191 e. The van der Waals surface area contributed by atoms with Crippen LogP contribution in [0.3, 0.4) is 0 Å². The zero-order valence-electron chi connectivity index (χ0n) is 17.2. The summed E-state index contributed by atoms with van der Waals surface area (Å²) < 4.78 is 12.1. The summed E-state index contributed by atoms with van der Waals surface area (Å²) in [7, 11) is 3.27. The van der Waals surface area contributed by atoms with Gasteiger partial charge in [0.25, 0.3) is 0 Å². The number of halogens is 1. The largest absolute Gasteiger partial charge is 0.493 e. The Bertz CT molecular complexity index is 989. The van der Waals surface area contributed by atoms with Gasteiger partial charge in [-0.2, -0.15) is 0 Å². The minimum atomic E-state index is -0.624. The normalized spacial score (nSPS) is 12.6. The molecule has 0 spiro atoms. The van der Waals surface area contributed by atoms with Crippen molar-refractivity contribution in [3.63, 3.8) is 0 Å². The van der Waals surface area contributed by atoms with Crippen molar-refractivity contribution in [2.45, 2.75) is 19.6 Å². The number of nitrogens with zero attached hydrogens (tertiary/aromatic N) is 1. The summed E-state index contributed by atoms with van der Waals surface area (Å²) in [5, 5.41) is 18.6. The lowest BCUT2D eigenvalue weighted by Crippen LogP contribution is -2.38. The minimum Gasteiger partial charge on any atom is -0.493 e. The lowest BCUT2D eigenvalue weighted by atomic mass is 10.2. The second kappa shape index (κ2) is 10.5. The first-order valence-electron chi connectivity index (χ1n) is 9.66. The number of aliphatic imine (C=N–C) groups is 1. The molecule has 0 bridgehead atoms. The highest BCUT2D eigenvalue weighted by molar-refractivity contribution is 7.19. The molecule has 3 aromatic rings. The fourth-order valence-electron chi connectivity index (χ4n) is 3.03. The lowest BCUT2D eigenvalue weighted by molar-refractivity contribution is 0.184. The maximum atomic E-state index is 10.6. The average molecular weight is 448 g/mol. The minimum absolute atomic E-state index is 0.347. The molecule has 1 aromatic heterocycles. The monoisotopic (exact) mass is 447 g/mol. The molecule has 160 valence electrons. The molecular weight excluding hydrogens is 422 g/mol. The highest BCUT2D eigenvalue weighted by atomic mass is 35.5. The third kappa shape index (κ3) is 5.36. The summed E-state index contributed by atoms with van der Waals surface area (Å²) in [6, 6.07) is 13.8. The van der Waals surface area contributed by atoms with Crippen molar-refractivity contribution in [2.75, 3.05) is 27.3 Å². The Balaban J connectivity index is 1.59. The average Bonchev–Trinajstić information content (AvgIpc) is 3.19. The van der Waals surface area contributed by atoms with Crippen molar-refractivity contribution >= 4 is 39.0 Å². The molecule has 0 saturated heterocycles. The van der Waals surface area contributed by atoms with E-state index in [1.165, 1.54) is 0 Å². The number of guanidine groups is 1. The van der Waals surface area contributed by atoms with E-state index in [4.69, 9.17) is 21.1 Å². The summed E-state index contributed by atoms with van der Waals surface area (Å²) in [5.74, 6) is 1.71. The van der Waals surface area contributed by atoms with Crippen molar-refractivity contribution in [3.8, 4) is 11.5 Å². The van der Waals surface area contributed by atoms with Gasteiger partial charge in [0.15, 0.2) is 17.5 Å². The van der Waals surface area contributed by atoms with E-state index in [1.807, 2.05) is 43.3 Å². The molecule has 0 amide bonds. The van der Waals surface area contributed by atoms with Crippen LogP contribution in [0, 0.1) is 0 Å². The number of aliphatic hydroxyl groups excluding tert-OH is 1. The van der Waals surface area contributed by atoms with E-state index >= 15 is 0 Å². The van der Waals surface area contributed by atoms with Gasteiger partial charge in [-0.25, -0.2) is 0 Å². The number of hydrogen-bond acceptors (Lipinski definition) is 5. The predicted octanol–water partition coefficient (Wildman–Crippen LogP) is 4.36. The van der Waals surface area contributed by atoms with Gasteiger partial charge in [-0.15, -0.1) is 11.3 Å². The summed E-state index contributed by atoms with van der Waals surface area (Å²) in [5.41, 5.74) is 0.924. The van der Waals surface area contributed by atoms with Gasteiger partial charge in [0.1, 0.15) is 6.10 Å². The number of aliphatic hydroxyl groups is 1. The van der Waals surface area contributed by atoms with Gasteiger partial charge in [0.2, 0.25) is 0 Å². The SMILES string of the molecule is CCOc1c(Cl)cc(CNC(=NC)NCC(O)c2cc3ccccc3s2)cc1OC.